The van der Waals surface area contributed by atoms with Crippen molar-refractivity contribution in [2.75, 3.05) is 6.61 Å². The number of carbonyl (C=O) groups excluding carboxylic acids is 2. The third-order valence-corrected chi connectivity index (χ3v) is 12.6. The number of carbonyl (C=O) groups is 2. The highest BCUT2D eigenvalue weighted by Crippen LogP contribution is 2.18. The summed E-state index contributed by atoms with van der Waals surface area (Å²) in [6, 6.07) is -0.711. The first-order chi connectivity index (χ1) is 31.5. The molecular weight excluding hydrogens is 791 g/mol. The molecule has 3 atom stereocenters. The molecule has 0 bridgehead atoms. The fraction of sp³-hybridized carbons (Fsp3) is 0.828. The Balaban J connectivity index is 4.61. The second kappa shape index (κ2) is 51.8. The van der Waals surface area contributed by atoms with Crippen molar-refractivity contribution < 1.29 is 24.5 Å². The summed E-state index contributed by atoms with van der Waals surface area (Å²) in [7, 11) is 0. The highest BCUT2D eigenvalue weighted by atomic mass is 16.5. The van der Waals surface area contributed by atoms with Crippen LogP contribution in [0.4, 0.5) is 0 Å². The molecule has 0 rings (SSSR count). The number of allylic oxidation sites excluding steroid dienone is 8. The number of aliphatic hydroxyl groups is 2. The zero-order chi connectivity index (χ0) is 46.7. The van der Waals surface area contributed by atoms with Gasteiger partial charge in [-0.2, -0.15) is 0 Å². The summed E-state index contributed by atoms with van der Waals surface area (Å²) in [5.74, 6) is -0.506. The van der Waals surface area contributed by atoms with Crippen LogP contribution in [0.15, 0.2) is 48.6 Å². The number of aliphatic hydroxyl groups excluding tert-OH is 2. The van der Waals surface area contributed by atoms with Crippen LogP contribution < -0.4 is 5.32 Å². The lowest BCUT2D eigenvalue weighted by atomic mass is 10.0. The molecule has 0 heterocycles. The van der Waals surface area contributed by atoms with Gasteiger partial charge in [-0.3, -0.25) is 9.59 Å². The molecule has 374 valence electrons. The summed E-state index contributed by atoms with van der Waals surface area (Å²) < 4.78 is 5.94. The molecule has 0 spiro atoms. The van der Waals surface area contributed by atoms with Crippen molar-refractivity contribution in [3.63, 3.8) is 0 Å². The van der Waals surface area contributed by atoms with Gasteiger partial charge in [-0.05, 0) is 89.9 Å². The lowest BCUT2D eigenvalue weighted by Gasteiger charge is -2.24. The quantitative estimate of drug-likeness (QED) is 0.0321. The van der Waals surface area contributed by atoms with Crippen molar-refractivity contribution in [1.29, 1.82) is 0 Å². The molecular formula is C58H107NO5. The average Bonchev–Trinajstić information content (AvgIpc) is 3.29. The number of hydrogen-bond donors (Lipinski definition) is 3. The van der Waals surface area contributed by atoms with E-state index in [9.17, 15) is 19.8 Å². The first kappa shape index (κ1) is 61.8. The van der Waals surface area contributed by atoms with Crippen LogP contribution in [0.5, 0.6) is 0 Å². The van der Waals surface area contributed by atoms with Gasteiger partial charge < -0.3 is 20.3 Å². The van der Waals surface area contributed by atoms with Crippen molar-refractivity contribution in [2.24, 2.45) is 0 Å². The first-order valence-corrected chi connectivity index (χ1v) is 27.9. The molecule has 0 saturated heterocycles. The first-order valence-electron chi connectivity index (χ1n) is 27.9. The Morgan fingerprint density at radius 2 is 0.797 bits per heavy atom. The average molecular weight is 898 g/mol. The zero-order valence-electron chi connectivity index (χ0n) is 42.7. The van der Waals surface area contributed by atoms with E-state index in [-0.39, 0.29) is 24.9 Å². The summed E-state index contributed by atoms with van der Waals surface area (Å²) in [6.45, 7) is 6.46. The Bertz CT molecular complexity index is 1100. The molecule has 3 N–H and O–H groups in total. The van der Waals surface area contributed by atoms with Crippen LogP contribution in [0.2, 0.25) is 0 Å². The molecule has 64 heavy (non-hydrogen) atoms. The number of ether oxygens (including phenoxy) is 1. The normalized spacial score (nSPS) is 13.5. The van der Waals surface area contributed by atoms with E-state index in [0.29, 0.717) is 19.3 Å². The van der Waals surface area contributed by atoms with Crippen LogP contribution in [-0.4, -0.2) is 46.9 Å². The zero-order valence-corrected chi connectivity index (χ0v) is 42.7. The molecule has 0 saturated carbocycles. The Kier molecular flexibility index (Phi) is 50.0. The molecule has 0 aliphatic carbocycles. The van der Waals surface area contributed by atoms with E-state index in [4.69, 9.17) is 4.74 Å². The van der Waals surface area contributed by atoms with E-state index in [2.05, 4.69) is 74.7 Å². The smallest absolute Gasteiger partial charge is 0.306 e. The van der Waals surface area contributed by atoms with Crippen molar-refractivity contribution in [2.45, 2.75) is 302 Å². The predicted octanol–water partition coefficient (Wildman–Crippen LogP) is 17.0. The van der Waals surface area contributed by atoms with Gasteiger partial charge in [0.15, 0.2) is 0 Å². The summed E-state index contributed by atoms with van der Waals surface area (Å²) in [4.78, 5) is 26.2. The fourth-order valence-corrected chi connectivity index (χ4v) is 8.37. The second-order valence-corrected chi connectivity index (χ2v) is 19.0. The van der Waals surface area contributed by atoms with Crippen molar-refractivity contribution in [3.8, 4) is 0 Å². The van der Waals surface area contributed by atoms with Crippen molar-refractivity contribution >= 4 is 11.9 Å². The molecule has 6 nitrogen and oxygen atoms in total. The summed E-state index contributed by atoms with van der Waals surface area (Å²) in [5.41, 5.74) is 0. The molecule has 0 aromatic heterocycles. The minimum absolute atomic E-state index is 0.0590. The molecule has 0 aliphatic heterocycles. The summed E-state index contributed by atoms with van der Waals surface area (Å²) in [6.07, 6.45) is 63.1. The third-order valence-electron chi connectivity index (χ3n) is 12.6. The van der Waals surface area contributed by atoms with E-state index in [1.807, 2.05) is 0 Å². The van der Waals surface area contributed by atoms with Crippen LogP contribution in [0.3, 0.4) is 0 Å². The highest BCUT2D eigenvalue weighted by Gasteiger charge is 2.24. The van der Waals surface area contributed by atoms with E-state index >= 15 is 0 Å². The molecule has 3 unspecified atom stereocenters. The standard InChI is InChI=1S/C58H107NO5/c1-4-7-10-13-16-19-22-25-28-29-30-33-36-39-42-45-48-51-58(63)64-54(49-46-43-40-37-34-31-26-23-20-17-14-11-8-5-2)52-57(62)59-55(53-60)56(61)50-47-44-41-38-35-32-27-24-21-18-15-12-9-6-3/h16,19,25,28,30-31,33-34,54-56,60-61H,4-15,17-18,20-24,26-27,29,32,35-53H2,1-3H3,(H,59,62)/b19-16-,28-25-,33-30-,34-31+. The minimum Gasteiger partial charge on any atom is -0.462 e. The van der Waals surface area contributed by atoms with E-state index in [1.165, 1.54) is 141 Å². The number of unbranched alkanes of at least 4 members (excludes halogenated alkanes) is 30. The van der Waals surface area contributed by atoms with Gasteiger partial charge in [0.2, 0.25) is 5.91 Å². The number of nitrogens with one attached hydrogen (secondary N) is 1. The van der Waals surface area contributed by atoms with Crippen LogP contribution in [0, 0.1) is 0 Å². The maximum Gasteiger partial charge on any atom is 0.306 e. The SMILES string of the molecule is CCCCC/C=C\C/C=C\C/C=C\CCCCCCC(=O)OC(CCCCC/C=C/CCCCCCCCC)CC(=O)NC(CO)C(O)CCCCCCCCCCCCCCCC. The lowest BCUT2D eigenvalue weighted by Crippen LogP contribution is -2.46. The maximum atomic E-state index is 13.2. The van der Waals surface area contributed by atoms with E-state index < -0.39 is 18.2 Å². The number of esters is 1. The van der Waals surface area contributed by atoms with Gasteiger partial charge in [-0.25, -0.2) is 0 Å². The van der Waals surface area contributed by atoms with Gasteiger partial charge in [0.1, 0.15) is 6.10 Å². The van der Waals surface area contributed by atoms with Gasteiger partial charge in [0.25, 0.3) is 0 Å². The van der Waals surface area contributed by atoms with Crippen LogP contribution >= 0.6 is 0 Å². The number of rotatable bonds is 50. The Morgan fingerprint density at radius 3 is 1.27 bits per heavy atom. The highest BCUT2D eigenvalue weighted by molar-refractivity contribution is 5.77. The molecule has 0 aromatic carbocycles. The topological polar surface area (TPSA) is 95.9 Å². The molecule has 0 aliphatic rings. The van der Waals surface area contributed by atoms with Gasteiger partial charge in [0, 0.05) is 6.42 Å². The van der Waals surface area contributed by atoms with Gasteiger partial charge >= 0.3 is 5.97 Å². The van der Waals surface area contributed by atoms with Crippen molar-refractivity contribution in [3.05, 3.63) is 48.6 Å². The summed E-state index contributed by atoms with van der Waals surface area (Å²) >= 11 is 0. The number of amides is 1. The Labute approximate surface area is 397 Å². The van der Waals surface area contributed by atoms with Crippen LogP contribution in [0.1, 0.15) is 284 Å². The molecule has 1 amide bonds. The van der Waals surface area contributed by atoms with E-state index in [1.54, 1.807) is 0 Å². The Hall–Kier alpha value is -2.18. The Morgan fingerprint density at radius 1 is 0.453 bits per heavy atom. The van der Waals surface area contributed by atoms with E-state index in [0.717, 1.165) is 96.3 Å². The van der Waals surface area contributed by atoms with Crippen LogP contribution in [0.25, 0.3) is 0 Å². The minimum atomic E-state index is -0.796. The third kappa shape index (κ3) is 46.4. The largest absolute Gasteiger partial charge is 0.462 e. The molecule has 0 fully saturated rings. The van der Waals surface area contributed by atoms with Crippen LogP contribution in [-0.2, 0) is 14.3 Å². The van der Waals surface area contributed by atoms with Gasteiger partial charge in [-0.1, -0.05) is 230 Å². The molecule has 0 aromatic rings. The van der Waals surface area contributed by atoms with Gasteiger partial charge in [-0.15, -0.1) is 0 Å². The fourth-order valence-electron chi connectivity index (χ4n) is 8.37. The number of hydrogen-bond acceptors (Lipinski definition) is 5. The predicted molar refractivity (Wildman–Crippen MR) is 278 cm³/mol. The lowest BCUT2D eigenvalue weighted by molar-refractivity contribution is -0.151. The molecule has 0 radical (unpaired) electrons. The molecule has 6 heteroatoms. The maximum absolute atomic E-state index is 13.2. The van der Waals surface area contributed by atoms with Crippen molar-refractivity contribution in [1.82, 2.24) is 5.32 Å². The second-order valence-electron chi connectivity index (χ2n) is 19.0. The monoisotopic (exact) mass is 898 g/mol. The van der Waals surface area contributed by atoms with Gasteiger partial charge in [0.05, 0.1) is 25.2 Å². The summed E-state index contributed by atoms with van der Waals surface area (Å²) in [5, 5.41) is 23.8.